The van der Waals surface area contributed by atoms with Crippen LogP contribution in [-0.2, 0) is 10.0 Å². The van der Waals surface area contributed by atoms with Gasteiger partial charge in [-0.3, -0.25) is 4.79 Å². The van der Waals surface area contributed by atoms with Crippen LogP contribution in [0.2, 0.25) is 15.2 Å². The van der Waals surface area contributed by atoms with Crippen LogP contribution in [0.15, 0.2) is 41.4 Å². The van der Waals surface area contributed by atoms with Gasteiger partial charge < -0.3 is 4.90 Å². The van der Waals surface area contributed by atoms with Crippen molar-refractivity contribution in [1.29, 1.82) is 0 Å². The summed E-state index contributed by atoms with van der Waals surface area (Å²) in [6, 6.07) is 7.61. The maximum absolute atomic E-state index is 12.8. The van der Waals surface area contributed by atoms with E-state index < -0.39 is 10.0 Å². The van der Waals surface area contributed by atoms with Gasteiger partial charge in [-0.05, 0) is 24.3 Å². The van der Waals surface area contributed by atoms with E-state index in [1.807, 2.05) is 0 Å². The van der Waals surface area contributed by atoms with Gasteiger partial charge in [0.1, 0.15) is 10.0 Å². The number of amides is 1. The first-order chi connectivity index (χ1) is 12.3. The van der Waals surface area contributed by atoms with E-state index in [4.69, 9.17) is 34.8 Å². The first kappa shape index (κ1) is 19.4. The Morgan fingerprint density at radius 3 is 2.31 bits per heavy atom. The minimum absolute atomic E-state index is 0.0000821. The predicted octanol–water partition coefficient (Wildman–Crippen LogP) is 3.19. The van der Waals surface area contributed by atoms with Crippen LogP contribution in [0.4, 0.5) is 0 Å². The van der Waals surface area contributed by atoms with Crippen LogP contribution in [0.1, 0.15) is 10.4 Å². The van der Waals surface area contributed by atoms with Gasteiger partial charge in [-0.2, -0.15) is 4.31 Å². The molecule has 1 fully saturated rings. The number of halogens is 3. The molecule has 0 aliphatic carbocycles. The number of benzene rings is 1. The van der Waals surface area contributed by atoms with E-state index in [0.717, 1.165) is 0 Å². The van der Waals surface area contributed by atoms with Gasteiger partial charge >= 0.3 is 0 Å². The van der Waals surface area contributed by atoms with Crippen molar-refractivity contribution < 1.29 is 13.2 Å². The quantitative estimate of drug-likeness (QED) is 0.696. The highest BCUT2D eigenvalue weighted by Gasteiger charge is 2.32. The standard InChI is InChI=1S/C16H14Cl3N3O3S/c17-12-2-1-3-13(15(12)19)26(24,25)22-8-6-21(7-9-22)16(23)11-4-5-14(18)20-10-11/h1-5,10H,6-9H2. The zero-order valence-corrected chi connectivity index (χ0v) is 16.5. The largest absolute Gasteiger partial charge is 0.336 e. The molecule has 2 heterocycles. The van der Waals surface area contributed by atoms with Gasteiger partial charge in [0.05, 0.1) is 15.6 Å². The molecule has 3 rings (SSSR count). The molecular weight excluding hydrogens is 421 g/mol. The molecule has 1 amide bonds. The van der Waals surface area contributed by atoms with Crippen LogP contribution in [-0.4, -0.2) is 54.7 Å². The predicted molar refractivity (Wildman–Crippen MR) is 100 cm³/mol. The Morgan fingerprint density at radius 2 is 1.69 bits per heavy atom. The van der Waals surface area contributed by atoms with E-state index in [-0.39, 0.29) is 47.0 Å². The fourth-order valence-electron chi connectivity index (χ4n) is 2.64. The molecule has 1 aliphatic rings. The lowest BCUT2D eigenvalue weighted by Gasteiger charge is -2.34. The van der Waals surface area contributed by atoms with Crippen LogP contribution < -0.4 is 0 Å². The topological polar surface area (TPSA) is 70.6 Å². The zero-order chi connectivity index (χ0) is 18.9. The molecule has 1 aromatic heterocycles. The van der Waals surface area contributed by atoms with Gasteiger partial charge in [-0.15, -0.1) is 0 Å². The average molecular weight is 435 g/mol. The number of pyridine rings is 1. The Hall–Kier alpha value is -1.38. The highest BCUT2D eigenvalue weighted by Crippen LogP contribution is 2.31. The first-order valence-corrected chi connectivity index (χ1v) is 10.2. The number of sulfonamides is 1. The van der Waals surface area contributed by atoms with E-state index in [2.05, 4.69) is 4.98 Å². The second-order valence-corrected chi connectivity index (χ2v) is 8.70. The molecule has 0 bridgehead atoms. The summed E-state index contributed by atoms with van der Waals surface area (Å²) in [7, 11) is -3.79. The van der Waals surface area contributed by atoms with Crippen molar-refractivity contribution in [3.63, 3.8) is 0 Å². The highest BCUT2D eigenvalue weighted by atomic mass is 35.5. The molecular formula is C16H14Cl3N3O3S. The van der Waals surface area contributed by atoms with Gasteiger partial charge in [0.25, 0.3) is 5.91 Å². The summed E-state index contributed by atoms with van der Waals surface area (Å²) < 4.78 is 26.9. The third-order valence-corrected chi connectivity index (χ3v) is 7.13. The van der Waals surface area contributed by atoms with E-state index >= 15 is 0 Å². The Bertz CT molecular complexity index is 928. The number of carbonyl (C=O) groups excluding carboxylic acids is 1. The molecule has 1 aliphatic heterocycles. The number of piperazine rings is 1. The maximum Gasteiger partial charge on any atom is 0.255 e. The average Bonchev–Trinajstić information content (AvgIpc) is 2.64. The van der Waals surface area contributed by atoms with Crippen molar-refractivity contribution >= 4 is 50.7 Å². The lowest BCUT2D eigenvalue weighted by Crippen LogP contribution is -2.50. The van der Waals surface area contributed by atoms with Crippen molar-refractivity contribution in [1.82, 2.24) is 14.2 Å². The Balaban J connectivity index is 1.72. The van der Waals surface area contributed by atoms with Crippen molar-refractivity contribution in [3.8, 4) is 0 Å². The molecule has 26 heavy (non-hydrogen) atoms. The van der Waals surface area contributed by atoms with Crippen molar-refractivity contribution in [2.24, 2.45) is 0 Å². The Morgan fingerprint density at radius 1 is 1.00 bits per heavy atom. The molecule has 0 radical (unpaired) electrons. The molecule has 10 heteroatoms. The van der Waals surface area contributed by atoms with E-state index in [9.17, 15) is 13.2 Å². The van der Waals surface area contributed by atoms with Gasteiger partial charge in [-0.25, -0.2) is 13.4 Å². The minimum atomic E-state index is -3.79. The normalized spacial score (nSPS) is 15.9. The summed E-state index contributed by atoms with van der Waals surface area (Å²) in [5.41, 5.74) is 0.406. The SMILES string of the molecule is O=C(c1ccc(Cl)nc1)N1CCN(S(=O)(=O)c2cccc(Cl)c2Cl)CC1. The molecule has 1 aromatic carbocycles. The number of aromatic nitrogens is 1. The third-order valence-electron chi connectivity index (χ3n) is 4.03. The third kappa shape index (κ3) is 3.82. The zero-order valence-electron chi connectivity index (χ0n) is 13.4. The number of rotatable bonds is 3. The number of nitrogens with zero attached hydrogens (tertiary/aromatic N) is 3. The number of carbonyl (C=O) groups is 1. The maximum atomic E-state index is 12.8. The van der Waals surface area contributed by atoms with Crippen molar-refractivity contribution in [2.45, 2.75) is 4.90 Å². The smallest absolute Gasteiger partial charge is 0.255 e. The summed E-state index contributed by atoms with van der Waals surface area (Å²) in [5.74, 6) is -0.216. The minimum Gasteiger partial charge on any atom is -0.336 e. The molecule has 0 atom stereocenters. The molecule has 0 saturated carbocycles. The summed E-state index contributed by atoms with van der Waals surface area (Å²) in [4.78, 5) is 17.9. The highest BCUT2D eigenvalue weighted by molar-refractivity contribution is 7.89. The van der Waals surface area contributed by atoms with Gasteiger partial charge in [0.15, 0.2) is 0 Å². The first-order valence-electron chi connectivity index (χ1n) is 7.65. The number of hydrogen-bond acceptors (Lipinski definition) is 4. The van der Waals surface area contributed by atoms with Crippen LogP contribution in [0.25, 0.3) is 0 Å². The fourth-order valence-corrected chi connectivity index (χ4v) is 4.91. The van der Waals surface area contributed by atoms with Gasteiger partial charge in [-0.1, -0.05) is 40.9 Å². The summed E-state index contributed by atoms with van der Waals surface area (Å²) in [6.07, 6.45) is 1.40. The molecule has 0 unspecified atom stereocenters. The second kappa shape index (κ2) is 7.70. The Labute approximate surface area is 166 Å². The lowest BCUT2D eigenvalue weighted by molar-refractivity contribution is 0.0697. The summed E-state index contributed by atoms with van der Waals surface area (Å²) in [6.45, 7) is 0.855. The molecule has 2 aromatic rings. The molecule has 1 saturated heterocycles. The molecule has 6 nitrogen and oxygen atoms in total. The van der Waals surface area contributed by atoms with Gasteiger partial charge in [0.2, 0.25) is 10.0 Å². The van der Waals surface area contributed by atoms with Gasteiger partial charge in [0, 0.05) is 32.4 Å². The lowest BCUT2D eigenvalue weighted by atomic mass is 10.2. The molecule has 138 valence electrons. The fraction of sp³-hybridized carbons (Fsp3) is 0.250. The second-order valence-electron chi connectivity index (χ2n) is 5.62. The van der Waals surface area contributed by atoms with Crippen molar-refractivity contribution in [3.05, 3.63) is 57.3 Å². The van der Waals surface area contributed by atoms with Crippen LogP contribution in [0, 0.1) is 0 Å². The van der Waals surface area contributed by atoms with E-state index in [1.54, 1.807) is 11.0 Å². The van der Waals surface area contributed by atoms with Crippen molar-refractivity contribution in [2.75, 3.05) is 26.2 Å². The Kier molecular flexibility index (Phi) is 5.74. The van der Waals surface area contributed by atoms with Crippen LogP contribution in [0.3, 0.4) is 0 Å². The van der Waals surface area contributed by atoms with E-state index in [0.29, 0.717) is 10.7 Å². The summed E-state index contributed by atoms with van der Waals surface area (Å²) >= 11 is 17.7. The molecule has 0 spiro atoms. The van der Waals surface area contributed by atoms with Crippen LogP contribution in [0.5, 0.6) is 0 Å². The van der Waals surface area contributed by atoms with E-state index in [1.165, 1.54) is 34.8 Å². The monoisotopic (exact) mass is 433 g/mol. The number of hydrogen-bond donors (Lipinski definition) is 0. The molecule has 0 N–H and O–H groups in total. The summed E-state index contributed by atoms with van der Waals surface area (Å²) in [5, 5.41) is 0.479. The van der Waals surface area contributed by atoms with Crippen LogP contribution >= 0.6 is 34.8 Å².